The molecule has 98 valence electrons. The van der Waals surface area contributed by atoms with Crippen LogP contribution in [0.4, 0.5) is 4.39 Å². The minimum Gasteiger partial charge on any atom is -0.389 e. The normalized spacial score (nSPS) is 10.4. The van der Waals surface area contributed by atoms with E-state index in [9.17, 15) is 9.18 Å². The number of aromatic nitrogens is 1. The Kier molecular flexibility index (Phi) is 3.76. The van der Waals surface area contributed by atoms with E-state index in [-0.39, 0.29) is 10.5 Å². The highest BCUT2D eigenvalue weighted by atomic mass is 32.1. The molecule has 0 saturated heterocycles. The van der Waals surface area contributed by atoms with Crippen molar-refractivity contribution in [2.45, 2.75) is 13.5 Å². The van der Waals surface area contributed by atoms with Crippen molar-refractivity contribution in [3.8, 4) is 0 Å². The van der Waals surface area contributed by atoms with E-state index >= 15 is 0 Å². The summed E-state index contributed by atoms with van der Waals surface area (Å²) in [6, 6.07) is 7.60. The van der Waals surface area contributed by atoms with Gasteiger partial charge in [0.15, 0.2) is 0 Å². The number of halogens is 1. The topological polar surface area (TPSA) is 48.0 Å². The number of benzene rings is 1. The van der Waals surface area contributed by atoms with E-state index in [1.165, 1.54) is 16.7 Å². The van der Waals surface area contributed by atoms with Crippen LogP contribution in [-0.2, 0) is 6.54 Å². The molecule has 2 N–H and O–H groups in total. The number of aryl methyl sites for hydroxylation is 1. The Labute approximate surface area is 115 Å². The van der Waals surface area contributed by atoms with Gasteiger partial charge >= 0.3 is 0 Å². The van der Waals surface area contributed by atoms with E-state index in [0.29, 0.717) is 12.1 Å². The van der Waals surface area contributed by atoms with Crippen LogP contribution >= 0.6 is 12.2 Å². The summed E-state index contributed by atoms with van der Waals surface area (Å²) >= 11 is 4.90. The summed E-state index contributed by atoms with van der Waals surface area (Å²) in [5.41, 5.74) is 7.54. The Bertz CT molecular complexity index is 694. The van der Waals surface area contributed by atoms with E-state index in [2.05, 4.69) is 0 Å². The molecule has 0 aliphatic rings. The average molecular weight is 276 g/mol. The van der Waals surface area contributed by atoms with Crippen molar-refractivity contribution >= 4 is 17.2 Å². The molecule has 0 radical (unpaired) electrons. The first kappa shape index (κ1) is 13.4. The molecular weight excluding hydrogens is 263 g/mol. The highest BCUT2D eigenvalue weighted by Gasteiger charge is 2.08. The van der Waals surface area contributed by atoms with Gasteiger partial charge in [0.05, 0.1) is 6.54 Å². The fourth-order valence-electron chi connectivity index (χ4n) is 1.84. The second-order valence-electron chi connectivity index (χ2n) is 4.34. The predicted octanol–water partition coefficient (Wildman–Crippen LogP) is 1.98. The summed E-state index contributed by atoms with van der Waals surface area (Å²) in [4.78, 5) is 11.9. The van der Waals surface area contributed by atoms with Gasteiger partial charge in [0.25, 0.3) is 5.56 Å². The molecule has 1 aromatic carbocycles. The largest absolute Gasteiger partial charge is 0.389 e. The first-order valence-corrected chi connectivity index (χ1v) is 6.13. The molecule has 0 amide bonds. The first-order chi connectivity index (χ1) is 8.97. The monoisotopic (exact) mass is 276 g/mol. The number of pyridine rings is 1. The van der Waals surface area contributed by atoms with Crippen molar-refractivity contribution in [2.24, 2.45) is 5.73 Å². The number of nitrogens with zero attached hydrogens (tertiary/aromatic N) is 1. The standard InChI is InChI=1S/C14H13FN2OS/c1-9-4-5-17(13(18)6-9)8-10-2-3-11(15)7-12(10)14(16)19/h2-7H,8H2,1H3,(H2,16,19). The van der Waals surface area contributed by atoms with Gasteiger partial charge in [0.2, 0.25) is 0 Å². The van der Waals surface area contributed by atoms with Crippen molar-refractivity contribution in [3.05, 3.63) is 69.4 Å². The molecule has 0 bridgehead atoms. The van der Waals surface area contributed by atoms with Gasteiger partial charge in [-0.05, 0) is 36.2 Å². The van der Waals surface area contributed by atoms with Gasteiger partial charge in [-0.2, -0.15) is 0 Å². The molecule has 0 aliphatic heterocycles. The fraction of sp³-hybridized carbons (Fsp3) is 0.143. The molecule has 0 fully saturated rings. The summed E-state index contributed by atoms with van der Waals surface area (Å²) in [5.74, 6) is -0.400. The van der Waals surface area contributed by atoms with Gasteiger partial charge in [0, 0.05) is 17.8 Å². The zero-order chi connectivity index (χ0) is 14.0. The minimum atomic E-state index is -0.400. The summed E-state index contributed by atoms with van der Waals surface area (Å²) in [7, 11) is 0. The van der Waals surface area contributed by atoms with Gasteiger partial charge in [-0.25, -0.2) is 4.39 Å². The maximum atomic E-state index is 13.2. The minimum absolute atomic E-state index is 0.113. The van der Waals surface area contributed by atoms with Crippen molar-refractivity contribution in [1.29, 1.82) is 0 Å². The lowest BCUT2D eigenvalue weighted by molar-refractivity contribution is 0.625. The first-order valence-electron chi connectivity index (χ1n) is 5.72. The molecule has 1 heterocycles. The number of hydrogen-bond donors (Lipinski definition) is 1. The Morgan fingerprint density at radius 1 is 1.37 bits per heavy atom. The van der Waals surface area contributed by atoms with Crippen LogP contribution < -0.4 is 11.3 Å². The molecule has 2 aromatic rings. The van der Waals surface area contributed by atoms with Gasteiger partial charge in [0.1, 0.15) is 10.8 Å². The fourth-order valence-corrected chi connectivity index (χ4v) is 2.03. The quantitative estimate of drug-likeness (QED) is 0.872. The van der Waals surface area contributed by atoms with Crippen LogP contribution in [0.5, 0.6) is 0 Å². The number of hydrogen-bond acceptors (Lipinski definition) is 2. The Balaban J connectivity index is 2.43. The van der Waals surface area contributed by atoms with Crippen LogP contribution in [0, 0.1) is 12.7 Å². The molecular formula is C14H13FN2OS. The maximum Gasteiger partial charge on any atom is 0.251 e. The van der Waals surface area contributed by atoms with E-state index < -0.39 is 5.82 Å². The van der Waals surface area contributed by atoms with Gasteiger partial charge in [-0.15, -0.1) is 0 Å². The van der Waals surface area contributed by atoms with Crippen molar-refractivity contribution in [1.82, 2.24) is 4.57 Å². The molecule has 0 saturated carbocycles. The van der Waals surface area contributed by atoms with Crippen LogP contribution in [-0.4, -0.2) is 9.56 Å². The lowest BCUT2D eigenvalue weighted by atomic mass is 10.1. The van der Waals surface area contributed by atoms with Crippen molar-refractivity contribution in [3.63, 3.8) is 0 Å². The Hall–Kier alpha value is -2.01. The zero-order valence-electron chi connectivity index (χ0n) is 10.4. The molecule has 5 heteroatoms. The molecule has 0 spiro atoms. The Morgan fingerprint density at radius 2 is 2.11 bits per heavy atom. The highest BCUT2D eigenvalue weighted by molar-refractivity contribution is 7.80. The summed E-state index contributed by atoms with van der Waals surface area (Å²) < 4.78 is 14.7. The van der Waals surface area contributed by atoms with E-state index in [1.54, 1.807) is 18.3 Å². The molecule has 2 rings (SSSR count). The number of thiocarbonyl (C=S) groups is 1. The third-order valence-corrected chi connectivity index (χ3v) is 3.05. The number of nitrogens with two attached hydrogens (primary N) is 1. The second kappa shape index (κ2) is 5.32. The molecule has 3 nitrogen and oxygen atoms in total. The lowest BCUT2D eigenvalue weighted by Crippen LogP contribution is -2.21. The smallest absolute Gasteiger partial charge is 0.251 e. The third-order valence-electron chi connectivity index (χ3n) is 2.83. The van der Waals surface area contributed by atoms with Crippen molar-refractivity contribution in [2.75, 3.05) is 0 Å². The second-order valence-corrected chi connectivity index (χ2v) is 4.78. The van der Waals surface area contributed by atoms with Gasteiger partial charge in [-0.1, -0.05) is 18.3 Å². The van der Waals surface area contributed by atoms with Crippen molar-refractivity contribution < 1.29 is 4.39 Å². The summed E-state index contributed by atoms with van der Waals surface area (Å²) in [6.45, 7) is 2.16. The van der Waals surface area contributed by atoms with Crippen LogP contribution in [0.25, 0.3) is 0 Å². The van der Waals surface area contributed by atoms with Gasteiger partial charge < -0.3 is 10.3 Å². The molecule has 1 aromatic heterocycles. The summed E-state index contributed by atoms with van der Waals surface area (Å²) in [6.07, 6.45) is 1.70. The van der Waals surface area contributed by atoms with E-state index in [4.69, 9.17) is 18.0 Å². The molecule has 19 heavy (non-hydrogen) atoms. The van der Waals surface area contributed by atoms with Gasteiger partial charge in [-0.3, -0.25) is 4.79 Å². The average Bonchev–Trinajstić information content (AvgIpc) is 2.34. The SMILES string of the molecule is Cc1ccn(Cc2ccc(F)cc2C(N)=S)c(=O)c1. The maximum absolute atomic E-state index is 13.2. The predicted molar refractivity (Wildman–Crippen MR) is 76.8 cm³/mol. The zero-order valence-corrected chi connectivity index (χ0v) is 11.2. The van der Waals surface area contributed by atoms with Crippen LogP contribution in [0.2, 0.25) is 0 Å². The Morgan fingerprint density at radius 3 is 2.74 bits per heavy atom. The van der Waals surface area contributed by atoms with E-state index in [0.717, 1.165) is 11.1 Å². The van der Waals surface area contributed by atoms with Crippen LogP contribution in [0.15, 0.2) is 41.3 Å². The molecule has 0 unspecified atom stereocenters. The lowest BCUT2D eigenvalue weighted by Gasteiger charge is -2.10. The van der Waals surface area contributed by atoms with Crippen LogP contribution in [0.3, 0.4) is 0 Å². The van der Waals surface area contributed by atoms with Crippen LogP contribution in [0.1, 0.15) is 16.7 Å². The highest BCUT2D eigenvalue weighted by Crippen LogP contribution is 2.12. The van der Waals surface area contributed by atoms with E-state index in [1.807, 2.05) is 13.0 Å². The third kappa shape index (κ3) is 3.06. The molecule has 0 atom stereocenters. The number of rotatable bonds is 3. The molecule has 0 aliphatic carbocycles. The summed E-state index contributed by atoms with van der Waals surface area (Å²) in [5, 5.41) is 0.